The van der Waals surface area contributed by atoms with Crippen molar-refractivity contribution < 1.29 is 13.2 Å². The minimum atomic E-state index is -4.37. The smallest absolute Gasteiger partial charge is 0.310 e. The summed E-state index contributed by atoms with van der Waals surface area (Å²) in [7, 11) is 0. The molecule has 2 aromatic rings. The zero-order valence-corrected chi connectivity index (χ0v) is 11.9. The number of benzene rings is 1. The summed E-state index contributed by atoms with van der Waals surface area (Å²) in [6.07, 6.45) is -1.25. The fourth-order valence-electron chi connectivity index (χ4n) is 2.04. The van der Waals surface area contributed by atoms with Crippen LogP contribution in [0.25, 0.3) is 11.1 Å². The first-order valence-corrected chi connectivity index (χ1v) is 6.72. The van der Waals surface area contributed by atoms with Gasteiger partial charge in [-0.05, 0) is 23.3 Å². The van der Waals surface area contributed by atoms with Crippen molar-refractivity contribution in [2.24, 2.45) is 0 Å². The summed E-state index contributed by atoms with van der Waals surface area (Å²) in [5, 5.41) is 3.22. The van der Waals surface area contributed by atoms with Crippen LogP contribution in [-0.2, 0) is 12.7 Å². The zero-order valence-electron chi connectivity index (χ0n) is 11.9. The van der Waals surface area contributed by atoms with Crippen molar-refractivity contribution in [1.29, 1.82) is 0 Å². The van der Waals surface area contributed by atoms with E-state index in [0.29, 0.717) is 18.2 Å². The van der Waals surface area contributed by atoms with Gasteiger partial charge in [0, 0.05) is 30.5 Å². The van der Waals surface area contributed by atoms with Gasteiger partial charge in [0.2, 0.25) is 0 Å². The Bertz CT molecular complexity index is 606. The van der Waals surface area contributed by atoms with Crippen LogP contribution in [0.15, 0.2) is 42.7 Å². The van der Waals surface area contributed by atoms with Crippen molar-refractivity contribution in [2.75, 3.05) is 0 Å². The van der Waals surface area contributed by atoms with Crippen molar-refractivity contribution >= 4 is 0 Å². The lowest BCUT2D eigenvalue weighted by Gasteiger charge is -2.13. The topological polar surface area (TPSA) is 24.9 Å². The van der Waals surface area contributed by atoms with Crippen LogP contribution in [0.2, 0.25) is 0 Å². The Morgan fingerprint density at radius 3 is 2.52 bits per heavy atom. The van der Waals surface area contributed by atoms with Gasteiger partial charge in [-0.3, -0.25) is 4.98 Å². The molecular weight excluding hydrogens is 277 g/mol. The van der Waals surface area contributed by atoms with Gasteiger partial charge in [-0.1, -0.05) is 32.0 Å². The lowest BCUT2D eigenvalue weighted by Crippen LogP contribution is -2.21. The van der Waals surface area contributed by atoms with Crippen LogP contribution < -0.4 is 5.32 Å². The monoisotopic (exact) mass is 294 g/mol. The van der Waals surface area contributed by atoms with Crippen LogP contribution in [0, 0.1) is 0 Å². The number of hydrogen-bond donors (Lipinski definition) is 1. The Balaban J connectivity index is 2.37. The van der Waals surface area contributed by atoms with Crippen molar-refractivity contribution in [3.05, 3.63) is 53.9 Å². The number of rotatable bonds is 4. The van der Waals surface area contributed by atoms with Crippen molar-refractivity contribution in [3.63, 3.8) is 0 Å². The summed E-state index contributed by atoms with van der Waals surface area (Å²) in [5.41, 5.74) is 0.855. The molecule has 0 unspecified atom stereocenters. The average molecular weight is 294 g/mol. The molecule has 0 atom stereocenters. The molecule has 0 fully saturated rings. The molecule has 0 aliphatic rings. The number of alkyl halides is 3. The Morgan fingerprint density at radius 2 is 1.86 bits per heavy atom. The van der Waals surface area contributed by atoms with E-state index in [1.165, 1.54) is 18.3 Å². The first-order chi connectivity index (χ1) is 9.88. The summed E-state index contributed by atoms with van der Waals surface area (Å²) in [4.78, 5) is 4.05. The van der Waals surface area contributed by atoms with Gasteiger partial charge < -0.3 is 5.32 Å². The molecule has 2 rings (SSSR count). The van der Waals surface area contributed by atoms with Gasteiger partial charge in [0.25, 0.3) is 0 Å². The Labute approximate surface area is 122 Å². The van der Waals surface area contributed by atoms with E-state index in [-0.39, 0.29) is 5.56 Å². The van der Waals surface area contributed by atoms with E-state index in [1.54, 1.807) is 18.3 Å². The van der Waals surface area contributed by atoms with Crippen molar-refractivity contribution in [1.82, 2.24) is 10.3 Å². The van der Waals surface area contributed by atoms with Crippen LogP contribution in [0.5, 0.6) is 0 Å². The predicted octanol–water partition coefficient (Wildman–Crippen LogP) is 4.27. The largest absolute Gasteiger partial charge is 0.417 e. The number of aromatic nitrogens is 1. The zero-order chi connectivity index (χ0) is 15.5. The standard InChI is InChI=1S/C16H17F3N2/c1-11(2)21-9-12-7-13(10-20-8-12)14-5-3-4-6-15(14)16(17,18)19/h3-8,10-11,21H,9H2,1-2H3. The van der Waals surface area contributed by atoms with E-state index in [4.69, 9.17) is 0 Å². The van der Waals surface area contributed by atoms with E-state index in [1.807, 2.05) is 13.8 Å². The molecule has 5 heteroatoms. The van der Waals surface area contributed by atoms with Crippen LogP contribution in [0.3, 0.4) is 0 Å². The van der Waals surface area contributed by atoms with Gasteiger partial charge >= 0.3 is 6.18 Å². The second kappa shape index (κ2) is 6.26. The minimum absolute atomic E-state index is 0.156. The summed E-state index contributed by atoms with van der Waals surface area (Å²) in [6.45, 7) is 4.60. The van der Waals surface area contributed by atoms with E-state index < -0.39 is 11.7 Å². The molecule has 0 saturated carbocycles. The van der Waals surface area contributed by atoms with Gasteiger partial charge in [-0.25, -0.2) is 0 Å². The van der Waals surface area contributed by atoms with Crippen LogP contribution in [0.4, 0.5) is 13.2 Å². The van der Waals surface area contributed by atoms with E-state index in [9.17, 15) is 13.2 Å². The molecule has 1 N–H and O–H groups in total. The quantitative estimate of drug-likeness (QED) is 0.911. The number of nitrogens with one attached hydrogen (secondary N) is 1. The normalized spacial score (nSPS) is 11.9. The predicted molar refractivity (Wildman–Crippen MR) is 76.7 cm³/mol. The molecule has 21 heavy (non-hydrogen) atoms. The van der Waals surface area contributed by atoms with Gasteiger partial charge in [0.1, 0.15) is 0 Å². The molecule has 0 bridgehead atoms. The molecule has 112 valence electrons. The fraction of sp³-hybridized carbons (Fsp3) is 0.312. The fourth-order valence-corrected chi connectivity index (χ4v) is 2.04. The highest BCUT2D eigenvalue weighted by molar-refractivity contribution is 5.67. The van der Waals surface area contributed by atoms with Crippen molar-refractivity contribution in [3.8, 4) is 11.1 Å². The molecule has 1 aromatic carbocycles. The maximum absolute atomic E-state index is 13.1. The molecule has 2 nitrogen and oxygen atoms in total. The van der Waals surface area contributed by atoms with Gasteiger partial charge in [-0.2, -0.15) is 13.2 Å². The number of nitrogens with zero attached hydrogens (tertiary/aromatic N) is 1. The third-order valence-electron chi connectivity index (χ3n) is 3.05. The highest BCUT2D eigenvalue weighted by Crippen LogP contribution is 2.36. The molecule has 0 aliphatic carbocycles. The SMILES string of the molecule is CC(C)NCc1cncc(-c2ccccc2C(F)(F)F)c1. The van der Waals surface area contributed by atoms with Crippen LogP contribution in [0.1, 0.15) is 25.0 Å². The molecular formula is C16H17F3N2. The Hall–Kier alpha value is -1.88. The summed E-state index contributed by atoms with van der Waals surface area (Å²) in [6, 6.07) is 7.60. The summed E-state index contributed by atoms with van der Waals surface area (Å²) in [5.74, 6) is 0. The Kier molecular flexibility index (Phi) is 4.63. The first-order valence-electron chi connectivity index (χ1n) is 6.72. The summed E-state index contributed by atoms with van der Waals surface area (Å²) >= 11 is 0. The molecule has 0 radical (unpaired) electrons. The Morgan fingerprint density at radius 1 is 1.14 bits per heavy atom. The molecule has 1 heterocycles. The molecule has 1 aromatic heterocycles. The van der Waals surface area contributed by atoms with Crippen molar-refractivity contribution in [2.45, 2.75) is 32.6 Å². The number of pyridine rings is 1. The van der Waals surface area contributed by atoms with Gasteiger partial charge in [0.15, 0.2) is 0 Å². The van der Waals surface area contributed by atoms with E-state index in [0.717, 1.165) is 11.6 Å². The summed E-state index contributed by atoms with van der Waals surface area (Å²) < 4.78 is 39.2. The maximum Gasteiger partial charge on any atom is 0.417 e. The van der Waals surface area contributed by atoms with E-state index in [2.05, 4.69) is 10.3 Å². The lowest BCUT2D eigenvalue weighted by atomic mass is 9.99. The first kappa shape index (κ1) is 15.5. The van der Waals surface area contributed by atoms with Gasteiger partial charge in [-0.15, -0.1) is 0 Å². The minimum Gasteiger partial charge on any atom is -0.310 e. The second-order valence-electron chi connectivity index (χ2n) is 5.16. The third kappa shape index (κ3) is 4.04. The maximum atomic E-state index is 13.1. The van der Waals surface area contributed by atoms with E-state index >= 15 is 0 Å². The number of halogens is 3. The van der Waals surface area contributed by atoms with Gasteiger partial charge in [0.05, 0.1) is 5.56 Å². The lowest BCUT2D eigenvalue weighted by molar-refractivity contribution is -0.137. The average Bonchev–Trinajstić information content (AvgIpc) is 2.44. The molecule has 0 amide bonds. The highest BCUT2D eigenvalue weighted by Gasteiger charge is 2.33. The molecule has 0 saturated heterocycles. The third-order valence-corrected chi connectivity index (χ3v) is 3.05. The second-order valence-corrected chi connectivity index (χ2v) is 5.16. The van der Waals surface area contributed by atoms with Crippen LogP contribution in [-0.4, -0.2) is 11.0 Å². The molecule has 0 aliphatic heterocycles. The molecule has 0 spiro atoms. The number of hydrogen-bond acceptors (Lipinski definition) is 2. The van der Waals surface area contributed by atoms with Crippen LogP contribution >= 0.6 is 0 Å². The highest BCUT2D eigenvalue weighted by atomic mass is 19.4.